The number of nitrogens with zero attached hydrogens (tertiary/aromatic N) is 1. The van der Waals surface area contributed by atoms with Gasteiger partial charge in [-0.1, -0.05) is 27.7 Å². The van der Waals surface area contributed by atoms with E-state index in [4.69, 9.17) is 4.18 Å². The predicted octanol–water partition coefficient (Wildman–Crippen LogP) is 2.83. The van der Waals surface area contributed by atoms with Gasteiger partial charge in [0.2, 0.25) is 0 Å². The molecule has 0 aliphatic rings. The first-order valence-corrected chi connectivity index (χ1v) is 13.0. The second-order valence-corrected chi connectivity index (χ2v) is 11.8. The lowest BCUT2D eigenvalue weighted by Crippen LogP contribution is -2.61. The van der Waals surface area contributed by atoms with E-state index in [1.807, 2.05) is 34.6 Å². The van der Waals surface area contributed by atoms with E-state index < -0.39 is 25.7 Å². The van der Waals surface area contributed by atoms with Gasteiger partial charge in [-0.2, -0.15) is 8.42 Å². The van der Waals surface area contributed by atoms with Gasteiger partial charge in [0, 0.05) is 15.7 Å². The summed E-state index contributed by atoms with van der Waals surface area (Å²) in [5.41, 5.74) is -0.558. The minimum Gasteiger partial charge on any atom is -0.269 e. The molecule has 0 unspecified atom stereocenters. The summed E-state index contributed by atoms with van der Waals surface area (Å²) < 4.78 is 54.1. The average Bonchev–Trinajstić information content (AvgIpc) is 2.51. The van der Waals surface area contributed by atoms with Crippen LogP contribution in [-0.4, -0.2) is 46.8 Å². The third kappa shape index (κ3) is 6.93. The Balaban J connectivity index is 3.21. The smallest absolute Gasteiger partial charge is 0.264 e. The average molecular weight is 532 g/mol. The van der Waals surface area contributed by atoms with Crippen LogP contribution in [0.5, 0.6) is 0 Å². The second kappa shape index (κ2) is 9.49. The molecular formula is C17H29IN2O5S2. The monoisotopic (exact) mass is 532 g/mol. The van der Waals surface area contributed by atoms with Gasteiger partial charge in [-0.25, -0.2) is 13.4 Å². The molecule has 156 valence electrons. The molecule has 0 aliphatic heterocycles. The maximum atomic E-state index is 12.9. The van der Waals surface area contributed by atoms with Gasteiger partial charge in [-0.3, -0.25) is 4.18 Å². The van der Waals surface area contributed by atoms with E-state index in [1.54, 1.807) is 17.1 Å². The molecule has 10 heteroatoms. The zero-order valence-corrected chi connectivity index (χ0v) is 20.4. The van der Waals surface area contributed by atoms with Crippen molar-refractivity contribution in [3.63, 3.8) is 0 Å². The zero-order valence-electron chi connectivity index (χ0n) is 16.6. The molecule has 0 saturated carbocycles. The molecule has 0 aliphatic carbocycles. The van der Waals surface area contributed by atoms with E-state index in [9.17, 15) is 16.8 Å². The van der Waals surface area contributed by atoms with Gasteiger partial charge in [0.15, 0.2) is 0 Å². The third-order valence-corrected chi connectivity index (χ3v) is 7.55. The van der Waals surface area contributed by atoms with Crippen molar-refractivity contribution >= 4 is 42.7 Å². The van der Waals surface area contributed by atoms with E-state index in [2.05, 4.69) is 27.4 Å². The summed E-state index contributed by atoms with van der Waals surface area (Å²) in [6.45, 7) is 9.91. The number of rotatable bonds is 10. The van der Waals surface area contributed by atoms with Crippen LogP contribution >= 0.6 is 22.6 Å². The summed E-state index contributed by atoms with van der Waals surface area (Å²) in [6, 6.07) is 6.52. The van der Waals surface area contributed by atoms with Crippen LogP contribution in [0.3, 0.4) is 0 Å². The molecule has 0 radical (unpaired) electrons. The first-order chi connectivity index (χ1) is 12.2. The van der Waals surface area contributed by atoms with E-state index in [0.29, 0.717) is 0 Å². The Bertz CT molecular complexity index is 813. The molecule has 7 nitrogen and oxygen atoms in total. The van der Waals surface area contributed by atoms with Crippen molar-refractivity contribution in [2.75, 3.05) is 19.4 Å². The van der Waals surface area contributed by atoms with Crippen molar-refractivity contribution < 1.29 is 21.0 Å². The van der Waals surface area contributed by atoms with Crippen molar-refractivity contribution in [1.82, 2.24) is 9.84 Å². The standard InChI is InChI=1S/C17H29IN2O5S2/c1-13(2)17(5,14(3)4)20(11-12-25-26(6,21)22)19-27(23,24)16-9-7-15(18)8-10-16/h7-10,13-14,19H,11-12H2,1-6H3. The SMILES string of the molecule is CC(C)C(C)(C(C)C)N(CCOS(C)(=O)=O)NS(=O)(=O)c1ccc(I)cc1. The summed E-state index contributed by atoms with van der Waals surface area (Å²) in [6.07, 6.45) is 0.969. The molecule has 0 bridgehead atoms. The maximum absolute atomic E-state index is 12.9. The Morgan fingerprint density at radius 3 is 1.96 bits per heavy atom. The minimum absolute atomic E-state index is 0.0868. The van der Waals surface area contributed by atoms with E-state index in [0.717, 1.165) is 9.83 Å². The fourth-order valence-corrected chi connectivity index (χ4v) is 4.68. The number of hydrogen-bond donors (Lipinski definition) is 1. The Labute approximate surface area is 177 Å². The number of benzene rings is 1. The summed E-state index contributed by atoms with van der Waals surface area (Å²) in [5.74, 6) is 0.185. The summed E-state index contributed by atoms with van der Waals surface area (Å²) in [5, 5.41) is 1.58. The van der Waals surface area contributed by atoms with Gasteiger partial charge in [-0.15, -0.1) is 4.83 Å². The fraction of sp³-hybridized carbons (Fsp3) is 0.647. The van der Waals surface area contributed by atoms with Crippen LogP contribution in [0.15, 0.2) is 29.2 Å². The third-order valence-electron chi connectivity index (χ3n) is 4.89. The van der Waals surface area contributed by atoms with Gasteiger partial charge in [0.25, 0.3) is 20.1 Å². The van der Waals surface area contributed by atoms with Crippen LogP contribution in [0.2, 0.25) is 0 Å². The first kappa shape index (κ1) is 24.8. The molecular weight excluding hydrogens is 503 g/mol. The molecule has 0 aromatic heterocycles. The van der Waals surface area contributed by atoms with Crippen LogP contribution in [0.25, 0.3) is 0 Å². The highest BCUT2D eigenvalue weighted by Crippen LogP contribution is 2.32. The molecule has 0 saturated heterocycles. The Kier molecular flexibility index (Phi) is 8.70. The number of nitrogens with one attached hydrogen (secondary N) is 1. The number of halogens is 1. The summed E-state index contributed by atoms with van der Waals surface area (Å²) in [7, 11) is -7.44. The van der Waals surface area contributed by atoms with Crippen LogP contribution in [0, 0.1) is 15.4 Å². The Morgan fingerprint density at radius 1 is 1.07 bits per heavy atom. The molecule has 1 N–H and O–H groups in total. The highest BCUT2D eigenvalue weighted by Gasteiger charge is 2.40. The van der Waals surface area contributed by atoms with Crippen molar-refractivity contribution in [2.45, 2.75) is 45.1 Å². The molecule has 0 fully saturated rings. The van der Waals surface area contributed by atoms with Gasteiger partial charge in [-0.05, 0) is 65.6 Å². The van der Waals surface area contributed by atoms with Gasteiger partial charge in [0.1, 0.15) is 0 Å². The van der Waals surface area contributed by atoms with Crippen molar-refractivity contribution in [3.05, 3.63) is 27.8 Å². The maximum Gasteiger partial charge on any atom is 0.264 e. The topological polar surface area (TPSA) is 92.8 Å². The van der Waals surface area contributed by atoms with Crippen molar-refractivity contribution in [3.8, 4) is 0 Å². The highest BCUT2D eigenvalue weighted by atomic mass is 127. The Morgan fingerprint density at radius 2 is 1.56 bits per heavy atom. The molecule has 0 heterocycles. The summed E-state index contributed by atoms with van der Waals surface area (Å²) >= 11 is 2.11. The van der Waals surface area contributed by atoms with Gasteiger partial charge < -0.3 is 0 Å². The van der Waals surface area contributed by atoms with Crippen molar-refractivity contribution in [2.24, 2.45) is 11.8 Å². The molecule has 0 amide bonds. The lowest BCUT2D eigenvalue weighted by Gasteiger charge is -2.47. The number of sulfonamides is 1. The van der Waals surface area contributed by atoms with Crippen molar-refractivity contribution in [1.29, 1.82) is 0 Å². The van der Waals surface area contributed by atoms with Crippen LogP contribution in [0.4, 0.5) is 0 Å². The van der Waals surface area contributed by atoms with Gasteiger partial charge in [0.05, 0.1) is 17.8 Å². The quantitative estimate of drug-likeness (QED) is 0.283. The van der Waals surface area contributed by atoms with E-state index in [-0.39, 0.29) is 29.9 Å². The largest absolute Gasteiger partial charge is 0.269 e. The molecule has 27 heavy (non-hydrogen) atoms. The molecule has 1 aromatic rings. The van der Waals surface area contributed by atoms with Gasteiger partial charge >= 0.3 is 0 Å². The molecule has 0 atom stereocenters. The fourth-order valence-electron chi connectivity index (χ4n) is 2.77. The Hall–Kier alpha value is -0.270. The summed E-state index contributed by atoms with van der Waals surface area (Å²) in [4.78, 5) is 2.79. The predicted molar refractivity (Wildman–Crippen MR) is 115 cm³/mol. The number of hydrazine groups is 1. The van der Waals surface area contributed by atoms with E-state index in [1.165, 1.54) is 12.1 Å². The van der Waals surface area contributed by atoms with Crippen LogP contribution in [0.1, 0.15) is 34.6 Å². The molecule has 1 aromatic carbocycles. The lowest BCUT2D eigenvalue weighted by molar-refractivity contribution is -0.00765. The lowest BCUT2D eigenvalue weighted by atomic mass is 9.78. The molecule has 0 spiro atoms. The van der Waals surface area contributed by atoms with E-state index >= 15 is 0 Å². The normalized spacial score (nSPS) is 13.7. The van der Waals surface area contributed by atoms with Crippen LogP contribution < -0.4 is 4.83 Å². The zero-order chi connectivity index (χ0) is 21.0. The first-order valence-electron chi connectivity index (χ1n) is 8.60. The molecule has 1 rings (SSSR count). The van der Waals surface area contributed by atoms with Crippen LogP contribution in [-0.2, 0) is 24.3 Å². The minimum atomic E-state index is -3.82. The second-order valence-electron chi connectivity index (χ2n) is 7.26. The highest BCUT2D eigenvalue weighted by molar-refractivity contribution is 14.1. The number of hydrogen-bond acceptors (Lipinski definition) is 6.